The van der Waals surface area contributed by atoms with Gasteiger partial charge in [0.2, 0.25) is 0 Å². The van der Waals surface area contributed by atoms with Gasteiger partial charge in [-0.1, -0.05) is 0 Å². The molecule has 0 aliphatic heterocycles. The summed E-state index contributed by atoms with van der Waals surface area (Å²) in [5.41, 5.74) is 2.93. The van der Waals surface area contributed by atoms with Crippen LogP contribution in [0.5, 0.6) is 0 Å². The third-order valence-corrected chi connectivity index (χ3v) is 1.73. The summed E-state index contributed by atoms with van der Waals surface area (Å²) in [7, 11) is 0. The van der Waals surface area contributed by atoms with Crippen LogP contribution in [-0.4, -0.2) is 11.5 Å². The molecule has 84 valence electrons. The topological polar surface area (TPSA) is 38.9 Å². The molecule has 0 aromatic carbocycles. The second-order valence-electron chi connectivity index (χ2n) is 2.84. The van der Waals surface area contributed by atoms with Crippen LogP contribution in [0.2, 0.25) is 0 Å². The molecule has 0 unspecified atom stereocenters. The highest BCUT2D eigenvalue weighted by Gasteiger charge is 2.34. The van der Waals surface area contributed by atoms with Crippen LogP contribution in [0.25, 0.3) is 0 Å². The van der Waals surface area contributed by atoms with Gasteiger partial charge in [0.15, 0.2) is 0 Å². The van der Waals surface area contributed by atoms with E-state index in [-0.39, 0.29) is 0 Å². The Morgan fingerprint density at radius 2 is 1.73 bits per heavy atom. The Labute approximate surface area is 81.9 Å². The molecule has 0 saturated heterocycles. The minimum atomic E-state index is -4.63. The van der Waals surface area contributed by atoms with E-state index in [2.05, 4.69) is 4.98 Å². The number of alkyl halides is 5. The Balaban J connectivity index is 3.01. The Morgan fingerprint density at radius 3 is 2.07 bits per heavy atom. The van der Waals surface area contributed by atoms with Crippen LogP contribution >= 0.6 is 0 Å². The van der Waals surface area contributed by atoms with Crippen molar-refractivity contribution in [3.8, 4) is 0 Å². The van der Waals surface area contributed by atoms with Gasteiger partial charge in [0.05, 0.1) is 6.54 Å². The standard InChI is InChI=1S/C8H7F5N2/c9-7(10,4-14)5-1-2-6(15-3-5)8(11,12)13/h1-3H,4,14H2. The molecule has 1 aromatic rings. The number of rotatable bonds is 2. The molecule has 0 amide bonds. The van der Waals surface area contributed by atoms with Gasteiger partial charge in [0.25, 0.3) is 5.92 Å². The Kier molecular flexibility index (Phi) is 2.94. The van der Waals surface area contributed by atoms with Gasteiger partial charge in [-0.2, -0.15) is 22.0 Å². The third kappa shape index (κ3) is 2.62. The number of pyridine rings is 1. The molecule has 7 heteroatoms. The van der Waals surface area contributed by atoms with E-state index in [1.54, 1.807) is 0 Å². The summed E-state index contributed by atoms with van der Waals surface area (Å²) >= 11 is 0. The zero-order chi connectivity index (χ0) is 11.7. The molecule has 0 aliphatic rings. The Bertz CT molecular complexity index is 330. The lowest BCUT2D eigenvalue weighted by Crippen LogP contribution is -2.25. The van der Waals surface area contributed by atoms with E-state index >= 15 is 0 Å². The highest BCUT2D eigenvalue weighted by Crippen LogP contribution is 2.30. The number of hydrogen-bond acceptors (Lipinski definition) is 2. The first-order valence-electron chi connectivity index (χ1n) is 3.89. The fourth-order valence-corrected chi connectivity index (χ4v) is 0.896. The summed E-state index contributed by atoms with van der Waals surface area (Å²) in [6, 6.07) is 1.17. The molecule has 2 N–H and O–H groups in total. The fraction of sp³-hybridized carbons (Fsp3) is 0.375. The highest BCUT2D eigenvalue weighted by atomic mass is 19.4. The van der Waals surface area contributed by atoms with Gasteiger partial charge >= 0.3 is 6.18 Å². The summed E-state index contributed by atoms with van der Waals surface area (Å²) in [4.78, 5) is 2.90. The van der Waals surface area contributed by atoms with Gasteiger partial charge in [0.1, 0.15) is 5.69 Å². The van der Waals surface area contributed by atoms with Crippen LogP contribution in [-0.2, 0) is 12.1 Å². The minimum Gasteiger partial charge on any atom is -0.325 e. The zero-order valence-electron chi connectivity index (χ0n) is 7.35. The van der Waals surface area contributed by atoms with Crippen LogP contribution in [0.3, 0.4) is 0 Å². The van der Waals surface area contributed by atoms with Crippen molar-refractivity contribution in [2.45, 2.75) is 12.1 Å². The van der Waals surface area contributed by atoms with Crippen LogP contribution in [0.1, 0.15) is 11.3 Å². The summed E-state index contributed by atoms with van der Waals surface area (Å²) in [5, 5.41) is 0. The molecule has 1 aromatic heterocycles. The molecule has 1 rings (SSSR count). The normalized spacial score (nSPS) is 12.9. The van der Waals surface area contributed by atoms with Gasteiger partial charge in [0, 0.05) is 11.8 Å². The number of nitrogens with zero attached hydrogens (tertiary/aromatic N) is 1. The number of halogens is 5. The lowest BCUT2D eigenvalue weighted by atomic mass is 10.1. The highest BCUT2D eigenvalue weighted by molar-refractivity contribution is 5.20. The van der Waals surface area contributed by atoms with Crippen molar-refractivity contribution in [3.63, 3.8) is 0 Å². The van der Waals surface area contributed by atoms with Crippen LogP contribution < -0.4 is 5.73 Å². The van der Waals surface area contributed by atoms with E-state index in [1.807, 2.05) is 0 Å². The monoisotopic (exact) mass is 226 g/mol. The van der Waals surface area contributed by atoms with E-state index in [9.17, 15) is 22.0 Å². The lowest BCUT2D eigenvalue weighted by Gasteiger charge is -2.14. The Hall–Kier alpha value is -1.24. The number of hydrogen-bond donors (Lipinski definition) is 1. The summed E-state index contributed by atoms with van der Waals surface area (Å²) in [5.74, 6) is -3.35. The summed E-state index contributed by atoms with van der Waals surface area (Å²) in [6.07, 6.45) is -4.15. The van der Waals surface area contributed by atoms with E-state index in [1.165, 1.54) is 0 Å². The average molecular weight is 226 g/mol. The predicted octanol–water partition coefficient (Wildman–Crippen LogP) is 2.15. The molecule has 0 fully saturated rings. The molecule has 0 aliphatic carbocycles. The number of aromatic nitrogens is 1. The van der Waals surface area contributed by atoms with Crippen molar-refractivity contribution in [1.29, 1.82) is 0 Å². The quantitative estimate of drug-likeness (QED) is 0.784. The molecule has 15 heavy (non-hydrogen) atoms. The largest absolute Gasteiger partial charge is 0.433 e. The zero-order valence-corrected chi connectivity index (χ0v) is 7.35. The second-order valence-corrected chi connectivity index (χ2v) is 2.84. The summed E-state index contributed by atoms with van der Waals surface area (Å²) < 4.78 is 61.8. The molecule has 0 bridgehead atoms. The van der Waals surface area contributed by atoms with Gasteiger partial charge < -0.3 is 5.73 Å². The molecule has 0 radical (unpaired) electrons. The van der Waals surface area contributed by atoms with E-state index < -0.39 is 29.9 Å². The van der Waals surface area contributed by atoms with E-state index in [0.29, 0.717) is 18.3 Å². The van der Waals surface area contributed by atoms with Crippen molar-refractivity contribution in [2.24, 2.45) is 5.73 Å². The molecule has 0 saturated carbocycles. The first-order chi connectivity index (χ1) is 6.77. The molecular weight excluding hydrogens is 219 g/mol. The maximum Gasteiger partial charge on any atom is 0.433 e. The second kappa shape index (κ2) is 3.73. The summed E-state index contributed by atoms with van der Waals surface area (Å²) in [6.45, 7) is -0.972. The van der Waals surface area contributed by atoms with Crippen LogP contribution in [0.15, 0.2) is 18.3 Å². The predicted molar refractivity (Wildman–Crippen MR) is 42.2 cm³/mol. The lowest BCUT2D eigenvalue weighted by molar-refractivity contribution is -0.141. The van der Waals surface area contributed by atoms with Gasteiger partial charge in [-0.05, 0) is 12.1 Å². The van der Waals surface area contributed by atoms with Crippen LogP contribution in [0, 0.1) is 0 Å². The van der Waals surface area contributed by atoms with Crippen LogP contribution in [0.4, 0.5) is 22.0 Å². The van der Waals surface area contributed by atoms with Crippen molar-refractivity contribution < 1.29 is 22.0 Å². The maximum atomic E-state index is 12.9. The fourth-order valence-electron chi connectivity index (χ4n) is 0.896. The number of nitrogens with two attached hydrogens (primary N) is 1. The SMILES string of the molecule is NCC(F)(F)c1ccc(C(F)(F)F)nc1. The van der Waals surface area contributed by atoms with Crippen molar-refractivity contribution >= 4 is 0 Å². The van der Waals surface area contributed by atoms with E-state index in [0.717, 1.165) is 0 Å². The Morgan fingerprint density at radius 1 is 1.13 bits per heavy atom. The third-order valence-electron chi connectivity index (χ3n) is 1.73. The van der Waals surface area contributed by atoms with Gasteiger partial charge in [-0.3, -0.25) is 4.98 Å². The van der Waals surface area contributed by atoms with Gasteiger partial charge in [-0.25, -0.2) is 0 Å². The average Bonchev–Trinajstić information content (AvgIpc) is 2.17. The molecule has 0 spiro atoms. The minimum absolute atomic E-state index is 0.482. The van der Waals surface area contributed by atoms with Crippen molar-refractivity contribution in [3.05, 3.63) is 29.6 Å². The first-order valence-corrected chi connectivity index (χ1v) is 3.89. The smallest absolute Gasteiger partial charge is 0.325 e. The first kappa shape index (κ1) is 11.8. The van der Waals surface area contributed by atoms with E-state index in [4.69, 9.17) is 5.73 Å². The molecule has 0 atom stereocenters. The molecule has 1 heterocycles. The van der Waals surface area contributed by atoms with Crippen molar-refractivity contribution in [1.82, 2.24) is 4.98 Å². The van der Waals surface area contributed by atoms with Gasteiger partial charge in [-0.15, -0.1) is 0 Å². The van der Waals surface area contributed by atoms with Crippen molar-refractivity contribution in [2.75, 3.05) is 6.54 Å². The maximum absolute atomic E-state index is 12.9. The molecular formula is C8H7F5N2. The molecule has 2 nitrogen and oxygen atoms in total.